The van der Waals surface area contributed by atoms with Crippen LogP contribution in [0.3, 0.4) is 0 Å². The van der Waals surface area contributed by atoms with E-state index in [1.165, 1.54) is 6.34 Å². The maximum absolute atomic E-state index is 14.7. The molecular weight excluding hydrogens is 667 g/mol. The van der Waals surface area contributed by atoms with Crippen molar-refractivity contribution in [3.05, 3.63) is 112 Å². The Hall–Kier alpha value is -4.58. The molecule has 3 aromatic carbocycles. The quantitative estimate of drug-likeness (QED) is 0.0872. The number of aliphatic hydroxyl groups excluding tert-OH is 4. The predicted octanol–water partition coefficient (Wildman–Crippen LogP) is 1.83. The molecule has 1 aromatic heterocycles. The molecule has 2 fully saturated rings. The van der Waals surface area contributed by atoms with Crippen molar-refractivity contribution in [1.29, 1.82) is 0 Å². The van der Waals surface area contributed by atoms with Gasteiger partial charge in [-0.2, -0.15) is 13.9 Å². The molecule has 268 valence electrons. The molecule has 0 bridgehead atoms. The van der Waals surface area contributed by atoms with Gasteiger partial charge in [0.25, 0.3) is 17.5 Å². The standard InChI is InChI=1S/C36H37FN4O10/c1-47-23-12-8-21(9-13-23)36(20-6-4-3-5-7-20,22-10-14-24(48-2)15-11-22)49-18-27-30(44)31(45)34(51-27)41(28-16-25(43)26(17-42)50-28)19-38-29-32(41)39-35(37)40-33(29)46/h3-15,19,25-28,30-31,34,42-45H,16-18H2,1-2H3/p+1/t25-,26+,27+,28-,30+,31+,34+,41?/m0/s1. The lowest BCUT2D eigenvalue weighted by atomic mass is 9.80. The zero-order valence-corrected chi connectivity index (χ0v) is 27.7. The number of nitrogens with one attached hydrogen (secondary N) is 1. The SMILES string of the molecule is COc1ccc(C(OC[C@H]2O[C@@H]([N+]3([C@@H]4C[C@H](O)[C@@H](CO)O4)C=Nc4c3nc(F)[nH]c4=O)[C@H](O)[C@@H]2O)(c2ccccc2)c2ccc(OC)cc2)cc1. The van der Waals surface area contributed by atoms with Gasteiger partial charge in [-0.05, 0) is 41.0 Å². The first-order valence-electron chi connectivity index (χ1n) is 16.3. The predicted molar refractivity (Wildman–Crippen MR) is 180 cm³/mol. The number of quaternary nitrogens is 1. The molecule has 3 aliphatic heterocycles. The van der Waals surface area contributed by atoms with Gasteiger partial charge in [-0.15, -0.1) is 4.98 Å². The number of ether oxygens (including phenoxy) is 5. The second-order valence-corrected chi connectivity index (χ2v) is 12.6. The maximum atomic E-state index is 14.7. The monoisotopic (exact) mass is 705 g/mol. The smallest absolute Gasteiger partial charge is 0.294 e. The van der Waals surface area contributed by atoms with E-state index < -0.39 is 71.3 Å². The Morgan fingerprint density at radius 2 is 1.49 bits per heavy atom. The number of aliphatic imine (C=N–C) groups is 1. The largest absolute Gasteiger partial charge is 0.497 e. The molecule has 0 spiro atoms. The van der Waals surface area contributed by atoms with Crippen LogP contribution < -0.4 is 19.5 Å². The lowest BCUT2D eigenvalue weighted by molar-refractivity contribution is -0.141. The van der Waals surface area contributed by atoms with E-state index in [0.717, 1.165) is 16.7 Å². The van der Waals surface area contributed by atoms with E-state index >= 15 is 0 Å². The number of hydrogen-bond acceptors (Lipinski definition) is 12. The molecule has 0 aliphatic carbocycles. The molecule has 14 nitrogen and oxygen atoms in total. The zero-order valence-electron chi connectivity index (χ0n) is 27.7. The van der Waals surface area contributed by atoms with Crippen LogP contribution in [0, 0.1) is 6.08 Å². The summed E-state index contributed by atoms with van der Waals surface area (Å²) in [7, 11) is 3.14. The number of nitrogens with zero attached hydrogens (tertiary/aromatic N) is 3. The minimum Gasteiger partial charge on any atom is -0.497 e. The summed E-state index contributed by atoms with van der Waals surface area (Å²) in [6.45, 7) is -0.819. The van der Waals surface area contributed by atoms with Gasteiger partial charge in [0.1, 0.15) is 35.4 Å². The van der Waals surface area contributed by atoms with Crippen molar-refractivity contribution in [2.75, 3.05) is 27.4 Å². The molecule has 7 rings (SSSR count). The second kappa shape index (κ2) is 13.9. The van der Waals surface area contributed by atoms with Gasteiger partial charge < -0.3 is 44.1 Å². The van der Waals surface area contributed by atoms with E-state index in [0.29, 0.717) is 11.5 Å². The van der Waals surface area contributed by atoms with Crippen LogP contribution in [0.25, 0.3) is 0 Å². The van der Waals surface area contributed by atoms with Crippen molar-refractivity contribution < 1.29 is 48.5 Å². The molecule has 5 N–H and O–H groups in total. The van der Waals surface area contributed by atoms with E-state index in [1.54, 1.807) is 14.2 Å². The first kappa shape index (κ1) is 34.9. The van der Waals surface area contributed by atoms with Crippen LogP contribution in [-0.4, -0.2) is 107 Å². The van der Waals surface area contributed by atoms with Gasteiger partial charge in [0.05, 0.1) is 40.0 Å². The lowest BCUT2D eigenvalue weighted by Crippen LogP contribution is -2.65. The van der Waals surface area contributed by atoms with Gasteiger partial charge in [-0.25, -0.2) is 0 Å². The van der Waals surface area contributed by atoms with Crippen molar-refractivity contribution >= 4 is 17.8 Å². The molecular formula is C36H38FN4O10+. The average Bonchev–Trinajstić information content (AvgIpc) is 3.82. The Morgan fingerprint density at radius 1 is 0.882 bits per heavy atom. The summed E-state index contributed by atoms with van der Waals surface area (Å²) >= 11 is 0. The van der Waals surface area contributed by atoms with E-state index in [9.17, 15) is 29.6 Å². The summed E-state index contributed by atoms with van der Waals surface area (Å²) in [6.07, 6.45) is -9.33. The third kappa shape index (κ3) is 5.81. The van der Waals surface area contributed by atoms with Crippen LogP contribution >= 0.6 is 0 Å². The van der Waals surface area contributed by atoms with E-state index in [2.05, 4.69) is 9.98 Å². The van der Waals surface area contributed by atoms with E-state index in [-0.39, 0.29) is 24.5 Å². The summed E-state index contributed by atoms with van der Waals surface area (Å²) in [5.74, 6) is 1.01. The van der Waals surface area contributed by atoms with Gasteiger partial charge >= 0.3 is 0 Å². The number of rotatable bonds is 11. The van der Waals surface area contributed by atoms with Crippen LogP contribution in [0.15, 0.2) is 88.6 Å². The fraction of sp³-hybridized carbons (Fsp3) is 0.361. The average molecular weight is 706 g/mol. The van der Waals surface area contributed by atoms with E-state index in [1.807, 2.05) is 83.8 Å². The van der Waals surface area contributed by atoms with Gasteiger partial charge in [-0.3, -0.25) is 9.78 Å². The van der Waals surface area contributed by atoms with Crippen molar-refractivity contribution in [3.8, 4) is 11.5 Å². The highest BCUT2D eigenvalue weighted by atomic mass is 19.1. The summed E-state index contributed by atoms with van der Waals surface area (Å²) < 4.78 is 44.1. The first-order valence-corrected chi connectivity index (χ1v) is 16.3. The number of halogens is 1. The Morgan fingerprint density at radius 3 is 2.06 bits per heavy atom. The Bertz CT molecular complexity index is 1880. The van der Waals surface area contributed by atoms with Gasteiger partial charge in [0.2, 0.25) is 24.5 Å². The molecule has 15 heteroatoms. The highest BCUT2D eigenvalue weighted by Gasteiger charge is 2.64. The van der Waals surface area contributed by atoms with Crippen molar-refractivity contribution in [2.24, 2.45) is 4.99 Å². The topological polar surface area (TPSA) is 185 Å². The fourth-order valence-electron chi connectivity index (χ4n) is 7.23. The first-order chi connectivity index (χ1) is 24.7. The van der Waals surface area contributed by atoms with Crippen molar-refractivity contribution in [1.82, 2.24) is 14.5 Å². The molecule has 8 atom stereocenters. The number of aliphatic hydroxyl groups is 4. The Labute approximate surface area is 291 Å². The maximum Gasteiger partial charge on any atom is 0.294 e. The summed E-state index contributed by atoms with van der Waals surface area (Å²) in [5, 5.41) is 43.7. The normalized spacial score (nSPS) is 28.6. The summed E-state index contributed by atoms with van der Waals surface area (Å²) in [4.78, 5) is 22.9. The van der Waals surface area contributed by atoms with Gasteiger partial charge in [-0.1, -0.05) is 54.6 Å². The Kier molecular flexibility index (Phi) is 9.47. The fourth-order valence-corrected chi connectivity index (χ4v) is 7.23. The molecule has 0 saturated carbocycles. The zero-order chi connectivity index (χ0) is 35.9. The molecule has 1 unspecified atom stereocenters. The van der Waals surface area contributed by atoms with Crippen LogP contribution in [0.2, 0.25) is 0 Å². The van der Waals surface area contributed by atoms with E-state index in [4.69, 9.17) is 23.7 Å². The summed E-state index contributed by atoms with van der Waals surface area (Å²) in [6, 6.07) is 24.2. The number of hydrogen-bond donors (Lipinski definition) is 5. The lowest BCUT2D eigenvalue weighted by Gasteiger charge is -2.39. The van der Waals surface area contributed by atoms with Crippen LogP contribution in [0.5, 0.6) is 11.5 Å². The number of aromatic nitrogens is 2. The van der Waals surface area contributed by atoms with Crippen LogP contribution in [0.1, 0.15) is 23.1 Å². The van der Waals surface area contributed by atoms with Gasteiger partial charge in [0, 0.05) is 0 Å². The van der Waals surface area contributed by atoms with Crippen LogP contribution in [-0.2, 0) is 19.8 Å². The third-order valence-electron chi connectivity index (χ3n) is 9.85. The molecule has 0 amide bonds. The molecule has 3 aliphatic rings. The molecule has 0 radical (unpaired) electrons. The Balaban J connectivity index is 1.29. The highest BCUT2D eigenvalue weighted by Crippen LogP contribution is 2.47. The third-order valence-corrected chi connectivity index (χ3v) is 9.85. The number of aromatic amines is 1. The highest BCUT2D eigenvalue weighted by molar-refractivity contribution is 5.87. The number of methoxy groups -OCH3 is 2. The minimum absolute atomic E-state index is 0.122. The molecule has 2 saturated heterocycles. The number of fused-ring (bicyclic) bond motifs is 1. The van der Waals surface area contributed by atoms with Crippen LogP contribution in [0.4, 0.5) is 15.9 Å². The summed E-state index contributed by atoms with van der Waals surface area (Å²) in [5.41, 5.74) is -0.243. The number of benzene rings is 3. The second-order valence-electron chi connectivity index (χ2n) is 12.6. The van der Waals surface area contributed by atoms with Gasteiger partial charge in [0.15, 0.2) is 6.10 Å². The van der Waals surface area contributed by atoms with Crippen molar-refractivity contribution in [3.63, 3.8) is 0 Å². The molecule has 4 heterocycles. The minimum atomic E-state index is -1.66. The molecule has 4 aromatic rings. The molecule has 51 heavy (non-hydrogen) atoms. The van der Waals surface area contributed by atoms with Crippen molar-refractivity contribution in [2.45, 2.75) is 55.0 Å². The number of H-pyrrole nitrogens is 1.